The van der Waals surface area contributed by atoms with E-state index in [0.29, 0.717) is 0 Å². The first-order valence-electron chi connectivity index (χ1n) is 7.22. The third-order valence-corrected chi connectivity index (χ3v) is 2.97. The van der Waals surface area contributed by atoms with Gasteiger partial charge in [0, 0.05) is 30.8 Å². The van der Waals surface area contributed by atoms with Crippen molar-refractivity contribution in [3.63, 3.8) is 0 Å². The highest BCUT2D eigenvalue weighted by Gasteiger charge is 2.20. The van der Waals surface area contributed by atoms with Crippen molar-refractivity contribution in [3.05, 3.63) is 39.9 Å². The SMILES string of the molecule is CCOC(=O)CCN(CC(C)O)C(=O)c1cccc([N+](=O)[O-])c1. The maximum Gasteiger partial charge on any atom is 0.307 e. The molecular weight excluding hydrogens is 304 g/mol. The third-order valence-electron chi connectivity index (χ3n) is 2.97. The average Bonchev–Trinajstić information content (AvgIpc) is 2.50. The third kappa shape index (κ3) is 6.03. The van der Waals surface area contributed by atoms with Crippen LogP contribution in [0.15, 0.2) is 24.3 Å². The molecule has 1 N–H and O–H groups in total. The summed E-state index contributed by atoms with van der Waals surface area (Å²) in [6, 6.07) is 5.32. The number of aliphatic hydroxyl groups excluding tert-OH is 1. The summed E-state index contributed by atoms with van der Waals surface area (Å²) in [7, 11) is 0. The molecule has 23 heavy (non-hydrogen) atoms. The van der Waals surface area contributed by atoms with Crippen LogP contribution in [-0.4, -0.2) is 52.6 Å². The monoisotopic (exact) mass is 324 g/mol. The van der Waals surface area contributed by atoms with E-state index in [0.717, 1.165) is 0 Å². The lowest BCUT2D eigenvalue weighted by atomic mass is 10.1. The lowest BCUT2D eigenvalue weighted by Crippen LogP contribution is -2.38. The topological polar surface area (TPSA) is 110 Å². The van der Waals surface area contributed by atoms with Crippen LogP contribution in [0.25, 0.3) is 0 Å². The molecule has 1 rings (SSSR count). The van der Waals surface area contributed by atoms with Gasteiger partial charge in [-0.25, -0.2) is 0 Å². The van der Waals surface area contributed by atoms with E-state index in [1.165, 1.54) is 36.1 Å². The van der Waals surface area contributed by atoms with E-state index in [2.05, 4.69) is 0 Å². The van der Waals surface area contributed by atoms with Gasteiger partial charge in [-0.3, -0.25) is 19.7 Å². The first-order chi connectivity index (χ1) is 10.8. The molecule has 0 heterocycles. The summed E-state index contributed by atoms with van der Waals surface area (Å²) in [5.41, 5.74) is -0.0676. The number of carbonyl (C=O) groups is 2. The zero-order valence-corrected chi connectivity index (χ0v) is 13.1. The molecule has 1 aromatic rings. The Morgan fingerprint density at radius 2 is 2.13 bits per heavy atom. The Bertz CT molecular complexity index is 573. The van der Waals surface area contributed by atoms with Gasteiger partial charge in [0.1, 0.15) is 0 Å². The number of hydrogen-bond acceptors (Lipinski definition) is 6. The predicted molar refractivity (Wildman–Crippen MR) is 81.9 cm³/mol. The molecule has 0 spiro atoms. The van der Waals surface area contributed by atoms with Crippen LogP contribution in [0.1, 0.15) is 30.6 Å². The summed E-state index contributed by atoms with van der Waals surface area (Å²) >= 11 is 0. The molecule has 1 atom stereocenters. The molecule has 126 valence electrons. The van der Waals surface area contributed by atoms with E-state index in [9.17, 15) is 24.8 Å². The van der Waals surface area contributed by atoms with Gasteiger partial charge >= 0.3 is 5.97 Å². The second-order valence-corrected chi connectivity index (χ2v) is 4.96. The van der Waals surface area contributed by atoms with Gasteiger partial charge in [0.25, 0.3) is 11.6 Å². The molecule has 0 fully saturated rings. The Kier molecular flexibility index (Phi) is 7.14. The van der Waals surface area contributed by atoms with Crippen LogP contribution in [0.4, 0.5) is 5.69 Å². The zero-order chi connectivity index (χ0) is 17.4. The van der Waals surface area contributed by atoms with Gasteiger partial charge in [-0.05, 0) is 19.9 Å². The highest BCUT2D eigenvalue weighted by atomic mass is 16.6. The van der Waals surface area contributed by atoms with Crippen LogP contribution in [-0.2, 0) is 9.53 Å². The number of carbonyl (C=O) groups excluding carboxylic acids is 2. The van der Waals surface area contributed by atoms with Crippen LogP contribution in [0, 0.1) is 10.1 Å². The Balaban J connectivity index is 2.88. The Morgan fingerprint density at radius 3 is 2.70 bits per heavy atom. The first-order valence-corrected chi connectivity index (χ1v) is 7.22. The summed E-state index contributed by atoms with van der Waals surface area (Å²) in [4.78, 5) is 35.4. The lowest BCUT2D eigenvalue weighted by Gasteiger charge is -2.23. The molecule has 8 nitrogen and oxygen atoms in total. The van der Waals surface area contributed by atoms with E-state index in [4.69, 9.17) is 4.74 Å². The van der Waals surface area contributed by atoms with Gasteiger partial charge in [-0.1, -0.05) is 6.07 Å². The van der Waals surface area contributed by atoms with Crippen LogP contribution in [0.5, 0.6) is 0 Å². The van der Waals surface area contributed by atoms with Crippen molar-refractivity contribution < 1.29 is 24.4 Å². The summed E-state index contributed by atoms with van der Waals surface area (Å²) in [6.07, 6.45) is -0.804. The number of hydrogen-bond donors (Lipinski definition) is 1. The van der Waals surface area contributed by atoms with Crippen molar-refractivity contribution in [2.45, 2.75) is 26.4 Å². The molecule has 8 heteroatoms. The Morgan fingerprint density at radius 1 is 1.43 bits per heavy atom. The molecule has 1 amide bonds. The highest BCUT2D eigenvalue weighted by Crippen LogP contribution is 2.15. The molecule has 0 saturated carbocycles. The van der Waals surface area contributed by atoms with Gasteiger partial charge in [-0.15, -0.1) is 0 Å². The fourth-order valence-corrected chi connectivity index (χ4v) is 1.99. The van der Waals surface area contributed by atoms with Crippen molar-refractivity contribution in [1.82, 2.24) is 4.90 Å². The number of nitro groups is 1. The molecule has 0 bridgehead atoms. The predicted octanol–water partition coefficient (Wildman–Crippen LogP) is 1.37. The number of rotatable bonds is 8. The maximum atomic E-state index is 12.5. The molecule has 0 aliphatic rings. The van der Waals surface area contributed by atoms with Gasteiger partial charge in [-0.2, -0.15) is 0 Å². The largest absolute Gasteiger partial charge is 0.466 e. The fraction of sp³-hybridized carbons (Fsp3) is 0.467. The number of aliphatic hydroxyl groups is 1. The van der Waals surface area contributed by atoms with Gasteiger partial charge in [0.15, 0.2) is 0 Å². The first kappa shape index (κ1) is 18.6. The van der Waals surface area contributed by atoms with E-state index in [1.54, 1.807) is 6.92 Å². The van der Waals surface area contributed by atoms with Crippen molar-refractivity contribution in [1.29, 1.82) is 0 Å². The molecule has 0 saturated heterocycles. The zero-order valence-electron chi connectivity index (χ0n) is 13.1. The number of nitrogens with zero attached hydrogens (tertiary/aromatic N) is 2. The summed E-state index contributed by atoms with van der Waals surface area (Å²) in [5, 5.41) is 20.3. The average molecular weight is 324 g/mol. The number of nitro benzene ring substituents is 1. The second kappa shape index (κ2) is 8.84. The van der Waals surface area contributed by atoms with Crippen molar-refractivity contribution >= 4 is 17.6 Å². The smallest absolute Gasteiger partial charge is 0.307 e. The van der Waals surface area contributed by atoms with Gasteiger partial charge in [0.05, 0.1) is 24.1 Å². The van der Waals surface area contributed by atoms with Crippen LogP contribution in [0.3, 0.4) is 0 Å². The summed E-state index contributed by atoms with van der Waals surface area (Å²) < 4.78 is 4.80. The molecule has 0 aromatic heterocycles. The molecular formula is C15H20N2O6. The molecule has 0 aliphatic heterocycles. The second-order valence-electron chi connectivity index (χ2n) is 4.96. The van der Waals surface area contributed by atoms with Crippen molar-refractivity contribution in [2.24, 2.45) is 0 Å². The number of amides is 1. The number of non-ortho nitro benzene ring substituents is 1. The normalized spacial score (nSPS) is 11.6. The minimum absolute atomic E-state index is 0.0127. The van der Waals surface area contributed by atoms with E-state index in [1.807, 2.05) is 0 Å². The Hall–Kier alpha value is -2.48. The van der Waals surface area contributed by atoms with Gasteiger partial charge in [0.2, 0.25) is 0 Å². The van der Waals surface area contributed by atoms with Crippen molar-refractivity contribution in [2.75, 3.05) is 19.7 Å². The molecule has 1 unspecified atom stereocenters. The number of benzene rings is 1. The summed E-state index contributed by atoms with van der Waals surface area (Å²) in [6.45, 7) is 3.51. The highest BCUT2D eigenvalue weighted by molar-refractivity contribution is 5.95. The van der Waals surface area contributed by atoms with E-state index >= 15 is 0 Å². The molecule has 0 radical (unpaired) electrons. The van der Waals surface area contributed by atoms with E-state index < -0.39 is 22.9 Å². The van der Waals surface area contributed by atoms with Crippen LogP contribution in [0.2, 0.25) is 0 Å². The van der Waals surface area contributed by atoms with E-state index in [-0.39, 0.29) is 37.4 Å². The molecule has 0 aliphatic carbocycles. The lowest BCUT2D eigenvalue weighted by molar-refractivity contribution is -0.384. The molecule has 1 aromatic carbocycles. The minimum atomic E-state index is -0.792. The number of esters is 1. The standard InChI is InChI=1S/C15H20N2O6/c1-3-23-14(19)7-8-16(10-11(2)18)15(20)12-5-4-6-13(9-12)17(21)22/h4-6,9,11,18H,3,7-8,10H2,1-2H3. The van der Waals surface area contributed by atoms with Crippen LogP contribution < -0.4 is 0 Å². The number of ether oxygens (including phenoxy) is 1. The Labute approximate surface area is 133 Å². The fourth-order valence-electron chi connectivity index (χ4n) is 1.99. The maximum absolute atomic E-state index is 12.5. The van der Waals surface area contributed by atoms with Crippen LogP contribution >= 0.6 is 0 Å². The minimum Gasteiger partial charge on any atom is -0.466 e. The quantitative estimate of drug-likeness (QED) is 0.439. The van der Waals surface area contributed by atoms with Gasteiger partial charge < -0.3 is 14.7 Å². The van der Waals surface area contributed by atoms with Crippen molar-refractivity contribution in [3.8, 4) is 0 Å². The summed E-state index contributed by atoms with van der Waals surface area (Å²) in [5.74, 6) is -0.936.